The van der Waals surface area contributed by atoms with Crippen LogP contribution in [0.3, 0.4) is 0 Å². The van der Waals surface area contributed by atoms with E-state index in [0.717, 1.165) is 10.6 Å². The van der Waals surface area contributed by atoms with Gasteiger partial charge in [0.2, 0.25) is 0 Å². The van der Waals surface area contributed by atoms with E-state index in [-0.39, 0.29) is 34.6 Å². The lowest BCUT2D eigenvalue weighted by atomic mass is 10.1. The molecule has 0 N–H and O–H groups in total. The summed E-state index contributed by atoms with van der Waals surface area (Å²) in [4.78, 5) is 12.9. The molecule has 2 aromatic carbocycles. The second-order valence-electron chi connectivity index (χ2n) is 7.58. The van der Waals surface area contributed by atoms with E-state index in [1.165, 1.54) is 23.5 Å². The summed E-state index contributed by atoms with van der Waals surface area (Å²) in [7, 11) is -2.56. The zero-order valence-corrected chi connectivity index (χ0v) is 20.1. The van der Waals surface area contributed by atoms with E-state index in [2.05, 4.69) is 5.16 Å². The number of rotatable bonds is 6. The van der Waals surface area contributed by atoms with Gasteiger partial charge >= 0.3 is 5.97 Å². The van der Waals surface area contributed by atoms with Gasteiger partial charge in [-0.1, -0.05) is 24.2 Å². The molecule has 1 aromatic heterocycles. The van der Waals surface area contributed by atoms with Gasteiger partial charge in [0.1, 0.15) is 10.6 Å². The Bertz CT molecular complexity index is 1270. The number of methoxy groups -OCH3 is 1. The minimum Gasteiger partial charge on any atom is -0.495 e. The maximum Gasteiger partial charge on any atom is 0.360 e. The average Bonchev–Trinajstić information content (AvgIpc) is 3.25. The Morgan fingerprint density at radius 2 is 2.03 bits per heavy atom. The van der Waals surface area contributed by atoms with Crippen molar-refractivity contribution >= 4 is 33.4 Å². The van der Waals surface area contributed by atoms with Crippen LogP contribution in [0.1, 0.15) is 24.3 Å². The molecule has 0 saturated heterocycles. The summed E-state index contributed by atoms with van der Waals surface area (Å²) in [5.74, 6) is 0.812. The quantitative estimate of drug-likeness (QED) is 0.469. The van der Waals surface area contributed by atoms with Gasteiger partial charge in [-0.2, -0.15) is 0 Å². The summed E-state index contributed by atoms with van der Waals surface area (Å²) in [6.45, 7) is 4.27. The minimum absolute atomic E-state index is 0.00508. The monoisotopic (exact) mass is 488 g/mol. The molecule has 2 heterocycles. The molecule has 1 aliphatic heterocycles. The Kier molecular flexibility index (Phi) is 6.66. The van der Waals surface area contributed by atoms with E-state index in [4.69, 9.17) is 14.0 Å². The number of carbonyl (C=O) groups is 1. The average molecular weight is 489 g/mol. The third-order valence-electron chi connectivity index (χ3n) is 5.15. The minimum atomic E-state index is -3.98. The number of ether oxygens (including phenoxy) is 2. The van der Waals surface area contributed by atoms with Gasteiger partial charge in [-0.25, -0.2) is 13.2 Å². The van der Waals surface area contributed by atoms with Gasteiger partial charge in [-0.3, -0.25) is 4.31 Å². The number of esters is 1. The fourth-order valence-electron chi connectivity index (χ4n) is 3.54. The van der Waals surface area contributed by atoms with Crippen LogP contribution in [-0.2, 0) is 14.8 Å². The number of anilines is 1. The van der Waals surface area contributed by atoms with E-state index < -0.39 is 16.0 Å². The van der Waals surface area contributed by atoms with Crippen LogP contribution >= 0.6 is 11.8 Å². The van der Waals surface area contributed by atoms with Crippen molar-refractivity contribution in [1.82, 2.24) is 5.16 Å². The van der Waals surface area contributed by atoms with Crippen molar-refractivity contribution in [3.63, 3.8) is 0 Å². The summed E-state index contributed by atoms with van der Waals surface area (Å²) >= 11 is 1.65. The van der Waals surface area contributed by atoms with Gasteiger partial charge in [0.25, 0.3) is 10.0 Å². The molecule has 10 heteroatoms. The molecule has 0 saturated carbocycles. The third kappa shape index (κ3) is 4.58. The van der Waals surface area contributed by atoms with Crippen LogP contribution in [-0.4, -0.2) is 45.6 Å². The zero-order chi connectivity index (χ0) is 23.6. The Hall–Kier alpha value is -2.98. The molecule has 0 unspecified atom stereocenters. The highest BCUT2D eigenvalue weighted by Crippen LogP contribution is 2.40. The first-order valence-corrected chi connectivity index (χ1v) is 12.8. The molecule has 174 valence electrons. The first-order chi connectivity index (χ1) is 15.8. The molecule has 8 nitrogen and oxygen atoms in total. The summed E-state index contributed by atoms with van der Waals surface area (Å²) in [5.41, 5.74) is 1.10. The number of aromatic nitrogens is 1. The number of hydrogen-bond acceptors (Lipinski definition) is 8. The lowest BCUT2D eigenvalue weighted by molar-refractivity contribution is 0.0514. The zero-order valence-electron chi connectivity index (χ0n) is 18.5. The lowest BCUT2D eigenvalue weighted by Gasteiger charge is -2.26. The van der Waals surface area contributed by atoms with Crippen LogP contribution < -0.4 is 9.04 Å². The van der Waals surface area contributed by atoms with Crippen LogP contribution in [0.2, 0.25) is 0 Å². The molecular weight excluding hydrogens is 464 g/mol. The van der Waals surface area contributed by atoms with Crippen LogP contribution in [0.25, 0.3) is 11.3 Å². The summed E-state index contributed by atoms with van der Waals surface area (Å²) < 4.78 is 44.9. The molecule has 0 bridgehead atoms. The first-order valence-electron chi connectivity index (χ1n) is 10.4. The molecule has 1 aliphatic rings. The fraction of sp³-hybridized carbons (Fsp3) is 0.304. The molecule has 0 radical (unpaired) electrons. The molecule has 0 fully saturated rings. The van der Waals surface area contributed by atoms with E-state index in [0.29, 0.717) is 17.8 Å². The van der Waals surface area contributed by atoms with Crippen molar-refractivity contribution in [3.05, 3.63) is 54.2 Å². The van der Waals surface area contributed by atoms with Gasteiger partial charge in [0.15, 0.2) is 11.5 Å². The standard InChI is InChI=1S/C23H24N2O6S2/c1-4-30-23(26)17-12-20(31-24-17)16-9-10-19(29-3)22(11-16)33(27,28)25-13-15(2)14-32-21-8-6-5-7-18(21)25/h5-12,15H,4,13-14H2,1-3H3/t15-/m1/s1. The first kappa shape index (κ1) is 23.2. The number of nitrogens with zero attached hydrogens (tertiary/aromatic N) is 2. The van der Waals surface area contributed by atoms with Crippen LogP contribution in [0.5, 0.6) is 5.75 Å². The molecule has 0 aliphatic carbocycles. The van der Waals surface area contributed by atoms with E-state index in [1.54, 1.807) is 30.8 Å². The van der Waals surface area contributed by atoms with Gasteiger partial charge in [0, 0.05) is 28.8 Å². The van der Waals surface area contributed by atoms with Crippen molar-refractivity contribution in [1.29, 1.82) is 0 Å². The van der Waals surface area contributed by atoms with Gasteiger partial charge in [-0.05, 0) is 43.2 Å². The summed E-state index contributed by atoms with van der Waals surface area (Å²) in [6.07, 6.45) is 0. The number of sulfonamides is 1. The fourth-order valence-corrected chi connectivity index (χ4v) is 6.46. The smallest absolute Gasteiger partial charge is 0.360 e. The van der Waals surface area contributed by atoms with Gasteiger partial charge in [-0.15, -0.1) is 11.8 Å². The predicted octanol–water partition coefficient (Wildman–Crippen LogP) is 4.46. The maximum atomic E-state index is 13.9. The Balaban J connectivity index is 1.79. The Labute approximate surface area is 196 Å². The molecule has 33 heavy (non-hydrogen) atoms. The Morgan fingerprint density at radius 3 is 2.79 bits per heavy atom. The van der Waals surface area contributed by atoms with Gasteiger partial charge in [0.05, 0.1) is 19.4 Å². The number of thioether (sulfide) groups is 1. The van der Waals surface area contributed by atoms with E-state index in [9.17, 15) is 13.2 Å². The van der Waals surface area contributed by atoms with E-state index >= 15 is 0 Å². The normalized spacial score (nSPS) is 16.1. The lowest BCUT2D eigenvalue weighted by Crippen LogP contribution is -2.35. The van der Waals surface area contributed by atoms with Crippen LogP contribution in [0.4, 0.5) is 5.69 Å². The molecular formula is C23H24N2O6S2. The highest BCUT2D eigenvalue weighted by atomic mass is 32.2. The summed E-state index contributed by atoms with van der Waals surface area (Å²) in [5, 5.41) is 3.74. The maximum absolute atomic E-state index is 13.9. The van der Waals surface area contributed by atoms with Crippen molar-refractivity contribution < 1.29 is 27.2 Å². The number of fused-ring (bicyclic) bond motifs is 1. The highest BCUT2D eigenvalue weighted by Gasteiger charge is 2.33. The molecule has 0 spiro atoms. The van der Waals surface area contributed by atoms with Crippen molar-refractivity contribution in [2.24, 2.45) is 5.92 Å². The Morgan fingerprint density at radius 1 is 1.24 bits per heavy atom. The largest absolute Gasteiger partial charge is 0.495 e. The van der Waals surface area contributed by atoms with Crippen molar-refractivity contribution in [2.75, 3.05) is 30.3 Å². The molecule has 4 rings (SSSR count). The topological polar surface area (TPSA) is 98.9 Å². The number of carbonyl (C=O) groups excluding carboxylic acids is 1. The van der Waals surface area contributed by atoms with Crippen molar-refractivity contribution in [2.45, 2.75) is 23.6 Å². The molecule has 0 amide bonds. The SMILES string of the molecule is CCOC(=O)c1cc(-c2ccc(OC)c(S(=O)(=O)N3C[C@@H](C)CSc4ccccc43)c2)on1. The predicted molar refractivity (Wildman–Crippen MR) is 125 cm³/mol. The third-order valence-corrected chi connectivity index (χ3v) is 8.34. The second-order valence-corrected chi connectivity index (χ2v) is 10.5. The highest BCUT2D eigenvalue weighted by molar-refractivity contribution is 7.99. The second kappa shape index (κ2) is 9.48. The van der Waals surface area contributed by atoms with Crippen molar-refractivity contribution in [3.8, 4) is 17.1 Å². The molecule has 1 atom stereocenters. The van der Waals surface area contributed by atoms with Crippen LogP contribution in [0, 0.1) is 5.92 Å². The van der Waals surface area contributed by atoms with Gasteiger partial charge < -0.3 is 14.0 Å². The summed E-state index contributed by atoms with van der Waals surface area (Å²) in [6, 6.07) is 13.6. The molecule has 3 aromatic rings. The van der Waals surface area contributed by atoms with Crippen LogP contribution in [0.15, 0.2) is 62.8 Å². The number of hydrogen-bond donors (Lipinski definition) is 0. The number of para-hydroxylation sites is 1. The number of benzene rings is 2. The van der Waals surface area contributed by atoms with E-state index in [1.807, 2.05) is 31.2 Å².